The van der Waals surface area contributed by atoms with Gasteiger partial charge in [0.2, 0.25) is 0 Å². The Bertz CT molecular complexity index is 380. The average Bonchev–Trinajstić information content (AvgIpc) is 2.46. The first-order valence-electron chi connectivity index (χ1n) is 6.10. The molecule has 1 aromatic rings. The highest BCUT2D eigenvalue weighted by Gasteiger charge is 2.25. The zero-order valence-electron chi connectivity index (χ0n) is 10.2. The van der Waals surface area contributed by atoms with Crippen molar-refractivity contribution in [1.29, 1.82) is 0 Å². The molecule has 2 rings (SSSR count). The van der Waals surface area contributed by atoms with Gasteiger partial charge in [-0.05, 0) is 18.4 Å². The summed E-state index contributed by atoms with van der Waals surface area (Å²) in [4.78, 5) is 11.9. The lowest BCUT2D eigenvalue weighted by Gasteiger charge is -2.25. The SMILES string of the molecule is NNC(=O)C(SC1CCOCC1)c1ccccc1. The molecular weight excluding hydrogens is 248 g/mol. The van der Waals surface area contributed by atoms with Crippen molar-refractivity contribution in [3.63, 3.8) is 0 Å². The second kappa shape index (κ2) is 6.78. The second-order valence-electron chi connectivity index (χ2n) is 4.25. The number of hydrogen-bond acceptors (Lipinski definition) is 4. The topological polar surface area (TPSA) is 64.3 Å². The Balaban J connectivity index is 2.07. The number of nitrogens with two attached hydrogens (primary N) is 1. The van der Waals surface area contributed by atoms with Gasteiger partial charge in [0, 0.05) is 18.5 Å². The molecule has 1 heterocycles. The van der Waals surface area contributed by atoms with Crippen molar-refractivity contribution in [1.82, 2.24) is 5.43 Å². The van der Waals surface area contributed by atoms with Crippen LogP contribution in [0.5, 0.6) is 0 Å². The third-order valence-electron chi connectivity index (χ3n) is 2.98. The van der Waals surface area contributed by atoms with Gasteiger partial charge in [0.25, 0.3) is 5.91 Å². The average molecular weight is 266 g/mol. The minimum atomic E-state index is -0.237. The number of carbonyl (C=O) groups is 1. The van der Waals surface area contributed by atoms with Gasteiger partial charge in [-0.1, -0.05) is 30.3 Å². The van der Waals surface area contributed by atoms with Gasteiger partial charge in [0.15, 0.2) is 0 Å². The molecule has 0 aliphatic carbocycles. The van der Waals surface area contributed by atoms with Crippen LogP contribution >= 0.6 is 11.8 Å². The normalized spacial score (nSPS) is 18.3. The van der Waals surface area contributed by atoms with Crippen LogP contribution in [-0.4, -0.2) is 24.4 Å². The first-order valence-corrected chi connectivity index (χ1v) is 7.04. The molecule has 1 amide bonds. The Morgan fingerprint density at radius 2 is 2.00 bits per heavy atom. The number of amides is 1. The molecule has 1 fully saturated rings. The van der Waals surface area contributed by atoms with Crippen molar-refractivity contribution in [3.05, 3.63) is 35.9 Å². The summed E-state index contributed by atoms with van der Waals surface area (Å²) in [6.45, 7) is 1.56. The van der Waals surface area contributed by atoms with Crippen LogP contribution in [0.15, 0.2) is 30.3 Å². The summed E-state index contributed by atoms with van der Waals surface area (Å²) in [7, 11) is 0. The van der Waals surface area contributed by atoms with E-state index in [-0.39, 0.29) is 11.2 Å². The smallest absolute Gasteiger partial charge is 0.251 e. The van der Waals surface area contributed by atoms with E-state index in [1.54, 1.807) is 11.8 Å². The first-order chi connectivity index (χ1) is 8.81. The number of thioether (sulfide) groups is 1. The van der Waals surface area contributed by atoms with Gasteiger partial charge in [-0.25, -0.2) is 5.84 Å². The molecule has 98 valence electrons. The lowest BCUT2D eigenvalue weighted by atomic mass is 10.1. The van der Waals surface area contributed by atoms with E-state index < -0.39 is 0 Å². The first kappa shape index (κ1) is 13.4. The summed E-state index contributed by atoms with van der Waals surface area (Å²) in [6, 6.07) is 9.76. The summed E-state index contributed by atoms with van der Waals surface area (Å²) in [5.41, 5.74) is 3.26. The van der Waals surface area contributed by atoms with Crippen molar-refractivity contribution >= 4 is 17.7 Å². The number of rotatable bonds is 4. The maximum absolute atomic E-state index is 11.9. The highest BCUT2D eigenvalue weighted by Crippen LogP contribution is 2.36. The van der Waals surface area contributed by atoms with Crippen LogP contribution < -0.4 is 11.3 Å². The number of carbonyl (C=O) groups excluding carboxylic acids is 1. The van der Waals surface area contributed by atoms with Crippen LogP contribution in [0.25, 0.3) is 0 Å². The molecule has 0 radical (unpaired) electrons. The van der Waals surface area contributed by atoms with Crippen molar-refractivity contribution in [2.75, 3.05) is 13.2 Å². The van der Waals surface area contributed by atoms with Crippen LogP contribution in [0.1, 0.15) is 23.7 Å². The van der Waals surface area contributed by atoms with Gasteiger partial charge in [0.05, 0.1) is 0 Å². The predicted octanol–water partition coefficient (Wildman–Crippen LogP) is 1.63. The van der Waals surface area contributed by atoms with Crippen LogP contribution in [0.3, 0.4) is 0 Å². The fourth-order valence-corrected chi connectivity index (χ4v) is 3.36. The van der Waals surface area contributed by atoms with Crippen molar-refractivity contribution in [3.8, 4) is 0 Å². The van der Waals surface area contributed by atoms with Crippen molar-refractivity contribution in [2.24, 2.45) is 5.84 Å². The Morgan fingerprint density at radius 1 is 1.33 bits per heavy atom. The molecule has 18 heavy (non-hydrogen) atoms. The Labute approximate surface area is 111 Å². The van der Waals surface area contributed by atoms with E-state index in [4.69, 9.17) is 10.6 Å². The predicted molar refractivity (Wildman–Crippen MR) is 72.9 cm³/mol. The molecule has 0 saturated carbocycles. The molecule has 1 aliphatic rings. The van der Waals surface area contributed by atoms with E-state index in [0.29, 0.717) is 5.25 Å². The molecule has 5 heteroatoms. The lowest BCUT2D eigenvalue weighted by Crippen LogP contribution is -2.34. The summed E-state index contributed by atoms with van der Waals surface area (Å²) in [5.74, 6) is 5.14. The lowest BCUT2D eigenvalue weighted by molar-refractivity contribution is -0.120. The molecule has 0 spiro atoms. The van der Waals surface area contributed by atoms with Crippen LogP contribution in [-0.2, 0) is 9.53 Å². The molecule has 1 saturated heterocycles. The maximum Gasteiger partial charge on any atom is 0.251 e. The zero-order chi connectivity index (χ0) is 12.8. The van der Waals surface area contributed by atoms with Crippen LogP contribution in [0.2, 0.25) is 0 Å². The van der Waals surface area contributed by atoms with E-state index in [1.165, 1.54) is 0 Å². The van der Waals surface area contributed by atoms with Gasteiger partial charge < -0.3 is 4.74 Å². The quantitative estimate of drug-likeness (QED) is 0.494. The summed E-state index contributed by atoms with van der Waals surface area (Å²) < 4.78 is 5.34. The molecule has 4 nitrogen and oxygen atoms in total. The number of ether oxygens (including phenoxy) is 1. The van der Waals surface area contributed by atoms with Gasteiger partial charge in [-0.2, -0.15) is 0 Å². The van der Waals surface area contributed by atoms with E-state index in [0.717, 1.165) is 31.6 Å². The second-order valence-corrected chi connectivity index (χ2v) is 5.66. The molecule has 1 aliphatic heterocycles. The fraction of sp³-hybridized carbons (Fsp3) is 0.462. The van der Waals surface area contributed by atoms with Crippen LogP contribution in [0.4, 0.5) is 0 Å². The monoisotopic (exact) mass is 266 g/mol. The minimum absolute atomic E-state index is 0.141. The third-order valence-corrected chi connectivity index (χ3v) is 4.59. The summed E-state index contributed by atoms with van der Waals surface area (Å²) in [5, 5.41) is 0.223. The maximum atomic E-state index is 11.9. The number of benzene rings is 1. The summed E-state index contributed by atoms with van der Waals surface area (Å²) >= 11 is 1.68. The molecule has 1 aromatic carbocycles. The Morgan fingerprint density at radius 3 is 2.61 bits per heavy atom. The number of nitrogens with one attached hydrogen (secondary N) is 1. The molecular formula is C13H18N2O2S. The molecule has 0 bridgehead atoms. The van der Waals surface area contributed by atoms with Crippen molar-refractivity contribution in [2.45, 2.75) is 23.3 Å². The van der Waals surface area contributed by atoms with Gasteiger partial charge in [0.1, 0.15) is 5.25 Å². The van der Waals surface area contributed by atoms with E-state index in [1.807, 2.05) is 30.3 Å². The van der Waals surface area contributed by atoms with Gasteiger partial charge >= 0.3 is 0 Å². The van der Waals surface area contributed by atoms with Gasteiger partial charge in [-0.3, -0.25) is 10.2 Å². The zero-order valence-corrected chi connectivity index (χ0v) is 11.0. The number of hydrogen-bond donors (Lipinski definition) is 2. The van der Waals surface area contributed by atoms with E-state index in [9.17, 15) is 4.79 Å². The molecule has 0 aromatic heterocycles. The number of hydrazine groups is 1. The third kappa shape index (κ3) is 3.48. The minimum Gasteiger partial charge on any atom is -0.381 e. The highest BCUT2D eigenvalue weighted by atomic mass is 32.2. The molecule has 3 N–H and O–H groups in total. The van der Waals surface area contributed by atoms with Crippen molar-refractivity contribution < 1.29 is 9.53 Å². The highest BCUT2D eigenvalue weighted by molar-refractivity contribution is 8.00. The Kier molecular flexibility index (Phi) is 5.04. The van der Waals surface area contributed by atoms with Gasteiger partial charge in [-0.15, -0.1) is 11.8 Å². The standard InChI is InChI=1S/C13H18N2O2S/c14-15-13(16)12(10-4-2-1-3-5-10)18-11-6-8-17-9-7-11/h1-5,11-12H,6-9,14H2,(H,15,16). The van der Waals surface area contributed by atoms with Crippen LogP contribution in [0, 0.1) is 0 Å². The largest absolute Gasteiger partial charge is 0.381 e. The van der Waals surface area contributed by atoms with E-state index in [2.05, 4.69) is 5.43 Å². The fourth-order valence-electron chi connectivity index (χ4n) is 2.00. The van der Waals surface area contributed by atoms with E-state index >= 15 is 0 Å². The summed E-state index contributed by atoms with van der Waals surface area (Å²) in [6.07, 6.45) is 1.98. The Hall–Kier alpha value is -1.04. The molecule has 1 atom stereocenters. The molecule has 1 unspecified atom stereocenters.